The van der Waals surface area contributed by atoms with Gasteiger partial charge in [0.25, 0.3) is 0 Å². The molecule has 3 nitrogen and oxygen atoms in total. The van der Waals surface area contributed by atoms with Crippen molar-refractivity contribution in [1.82, 2.24) is 0 Å². The molecule has 8 heteroatoms. The van der Waals surface area contributed by atoms with Crippen LogP contribution in [0.4, 0.5) is 4.39 Å². The van der Waals surface area contributed by atoms with E-state index in [-0.39, 0.29) is 5.78 Å². The Labute approximate surface area is 165 Å². The largest absolute Gasteiger partial charge is 0.356 e. The van der Waals surface area contributed by atoms with E-state index in [1.54, 1.807) is 0 Å². The van der Waals surface area contributed by atoms with Gasteiger partial charge < -0.3 is 13.8 Å². The molecule has 0 heterocycles. The van der Waals surface area contributed by atoms with E-state index in [2.05, 4.69) is 24.4 Å². The van der Waals surface area contributed by atoms with E-state index in [1.165, 1.54) is 40.2 Å². The predicted molar refractivity (Wildman–Crippen MR) is 126 cm³/mol. The first-order chi connectivity index (χ1) is 11.0. The van der Waals surface area contributed by atoms with Crippen molar-refractivity contribution in [2.45, 2.75) is 94.0 Å². The third-order valence-electron chi connectivity index (χ3n) is 0.607. The summed E-state index contributed by atoms with van der Waals surface area (Å²) >= 11 is 0. The van der Waals surface area contributed by atoms with Crippen molar-refractivity contribution in [2.24, 2.45) is 0 Å². The zero-order valence-corrected chi connectivity index (χ0v) is 22.4. The molecule has 0 aliphatic rings. The summed E-state index contributed by atoms with van der Waals surface area (Å²) in [7, 11) is 6.17. The van der Waals surface area contributed by atoms with Crippen LogP contribution in [0, 0.1) is 0 Å². The maximum atomic E-state index is 11.7. The summed E-state index contributed by atoms with van der Waals surface area (Å²) in [6, 6.07) is 0. The minimum Gasteiger partial charge on any atom is -0.356 e. The second-order valence-electron chi connectivity index (χ2n) is 6.75. The molecule has 0 radical (unpaired) electrons. The molecule has 0 saturated carbocycles. The summed E-state index contributed by atoms with van der Waals surface area (Å²) in [5, 5.41) is 0. The Kier molecular flexibility index (Phi) is 40.1. The van der Waals surface area contributed by atoms with Crippen molar-refractivity contribution >= 4 is 40.6 Å². The van der Waals surface area contributed by atoms with Crippen molar-refractivity contribution in [1.29, 1.82) is 0 Å². The van der Waals surface area contributed by atoms with Gasteiger partial charge >= 0.3 is 0 Å². The van der Waals surface area contributed by atoms with Crippen molar-refractivity contribution in [3.8, 4) is 0 Å². The predicted octanol–water partition coefficient (Wildman–Crippen LogP) is 7.52. The Morgan fingerprint density at radius 1 is 0.920 bits per heavy atom. The first-order valence-corrected chi connectivity index (χ1v) is 13.4. The molecule has 0 bridgehead atoms. The maximum Gasteiger partial charge on any atom is 0.126 e. The number of carbonyl (C=O) groups excluding carboxylic acids is 1. The van der Waals surface area contributed by atoms with Gasteiger partial charge in [-0.15, -0.1) is 6.58 Å². The van der Waals surface area contributed by atoms with E-state index < -0.39 is 5.67 Å². The van der Waals surface area contributed by atoms with Gasteiger partial charge in [-0.05, 0) is 76.2 Å². The fourth-order valence-electron chi connectivity index (χ4n) is 0.272. The molecule has 0 aliphatic carbocycles. The van der Waals surface area contributed by atoms with Crippen LogP contribution in [0.1, 0.15) is 76.2 Å². The van der Waals surface area contributed by atoms with Crippen molar-refractivity contribution < 1.29 is 18.2 Å². The highest BCUT2D eigenvalue weighted by Gasteiger charge is 2.01. The number of hydrogen-bond acceptors (Lipinski definition) is 3. The molecule has 0 rings (SSSR count). The van der Waals surface area contributed by atoms with Gasteiger partial charge in [-0.1, -0.05) is 23.4 Å². The molecule has 0 aromatic heterocycles. The van der Waals surface area contributed by atoms with Gasteiger partial charge in [-0.3, -0.25) is 0 Å². The average Bonchev–Trinajstić information content (AvgIpc) is 2.24. The van der Waals surface area contributed by atoms with Crippen molar-refractivity contribution in [3.63, 3.8) is 0 Å². The SMILES string of the molecule is C=C(C)C.CC(C)(C)F.CC(C)=O.CC(C)OPP.CC(C)OPP. The second-order valence-corrected chi connectivity index (χ2v) is 9.11. The minimum absolute atomic E-state index is 0.167. The Hall–Kier alpha value is 0.980. The van der Waals surface area contributed by atoms with E-state index in [9.17, 15) is 9.18 Å². The quantitative estimate of drug-likeness (QED) is 0.336. The highest BCUT2D eigenvalue weighted by molar-refractivity contribution is 8.00. The maximum absolute atomic E-state index is 11.7. The summed E-state index contributed by atoms with van der Waals surface area (Å²) in [6.45, 7) is 23.2. The first-order valence-electron chi connectivity index (χ1n) is 8.01. The molecular formula is C17H43FO3P4. The Bertz CT molecular complexity index is 246. The molecule has 0 spiro atoms. The van der Waals surface area contributed by atoms with Crippen molar-refractivity contribution in [3.05, 3.63) is 12.2 Å². The smallest absolute Gasteiger partial charge is 0.126 e. The van der Waals surface area contributed by atoms with Gasteiger partial charge in [0.15, 0.2) is 0 Å². The summed E-state index contributed by atoms with van der Waals surface area (Å²) in [4.78, 5) is 9.44. The normalized spacial score (nSPS) is 10.2. The Morgan fingerprint density at radius 3 is 1.04 bits per heavy atom. The standard InChI is InChI=1S/C4H9F.C4H8.2C3H10OP2.C3H6O/c1-4(2,3)5;1-4(2)3;2*1-3(2)4-6-5;1-3(2)4/h1-3H3;1H2,2-3H3;2*3,6H,5H2,1-2H3;1-2H3. The molecule has 0 saturated heterocycles. The highest BCUT2D eigenvalue weighted by atomic mass is 32.0. The number of alkyl halides is 1. The van der Waals surface area contributed by atoms with Crippen LogP contribution in [0.5, 0.6) is 0 Å². The number of halogens is 1. The van der Waals surface area contributed by atoms with Crippen LogP contribution in [0.15, 0.2) is 12.2 Å². The lowest BCUT2D eigenvalue weighted by molar-refractivity contribution is -0.114. The number of ketones is 1. The zero-order valence-electron chi connectivity index (χ0n) is 18.1. The molecule has 4 atom stereocenters. The number of allylic oxidation sites excluding steroid dienone is 1. The van der Waals surface area contributed by atoms with Gasteiger partial charge in [0.05, 0.1) is 12.2 Å². The van der Waals surface area contributed by atoms with Gasteiger partial charge in [0.2, 0.25) is 0 Å². The zero-order chi connectivity index (χ0) is 21.6. The molecule has 0 aromatic rings. The first kappa shape index (κ1) is 36.8. The Balaban J connectivity index is -0.0000000675. The number of rotatable bonds is 4. The molecular weight excluding hydrogens is 395 g/mol. The van der Waals surface area contributed by atoms with Crippen LogP contribution in [0.3, 0.4) is 0 Å². The molecule has 0 aliphatic heterocycles. The number of Topliss-reactive ketones (excluding diaryl/α,β-unsaturated/α-hetero) is 1. The topological polar surface area (TPSA) is 35.5 Å². The van der Waals surface area contributed by atoms with Gasteiger partial charge in [-0.2, -0.15) is 0 Å². The van der Waals surface area contributed by atoms with Crippen LogP contribution < -0.4 is 0 Å². The number of hydrogen-bond donors (Lipinski definition) is 0. The average molecular weight is 438 g/mol. The number of carbonyl (C=O) groups is 1. The van der Waals surface area contributed by atoms with Crippen LogP contribution in [0.25, 0.3) is 0 Å². The molecule has 156 valence electrons. The lowest BCUT2D eigenvalue weighted by Crippen LogP contribution is -2.01. The van der Waals surface area contributed by atoms with Crippen LogP contribution >= 0.6 is 34.8 Å². The summed E-state index contributed by atoms with van der Waals surface area (Å²) in [6.07, 6.45) is 0.779. The summed E-state index contributed by atoms with van der Waals surface area (Å²) < 4.78 is 21.8. The monoisotopic (exact) mass is 438 g/mol. The van der Waals surface area contributed by atoms with E-state index in [0.717, 1.165) is 0 Å². The molecule has 0 fully saturated rings. The minimum atomic E-state index is -1.00. The van der Waals surface area contributed by atoms with E-state index in [4.69, 9.17) is 9.05 Å². The highest BCUT2D eigenvalue weighted by Crippen LogP contribution is 2.23. The molecule has 4 unspecified atom stereocenters. The Morgan fingerprint density at radius 2 is 1.04 bits per heavy atom. The van der Waals surface area contributed by atoms with E-state index in [1.807, 2.05) is 41.5 Å². The third-order valence-corrected chi connectivity index (χ3v) is 2.64. The lowest BCUT2D eigenvalue weighted by atomic mass is 10.2. The van der Waals surface area contributed by atoms with Crippen LogP contribution in [-0.4, -0.2) is 23.7 Å². The molecule has 25 heavy (non-hydrogen) atoms. The van der Waals surface area contributed by atoms with E-state index >= 15 is 0 Å². The fourth-order valence-corrected chi connectivity index (χ4v) is 2.45. The lowest BCUT2D eigenvalue weighted by Gasteiger charge is -1.99. The molecule has 0 N–H and O–H groups in total. The summed E-state index contributed by atoms with van der Waals surface area (Å²) in [5.74, 6) is 0.167. The second kappa shape index (κ2) is 27.2. The van der Waals surface area contributed by atoms with Gasteiger partial charge in [0, 0.05) is 17.0 Å². The molecule has 0 amide bonds. The van der Waals surface area contributed by atoms with Gasteiger partial charge in [0.1, 0.15) is 11.5 Å². The van der Waals surface area contributed by atoms with E-state index in [0.29, 0.717) is 29.2 Å². The van der Waals surface area contributed by atoms with Gasteiger partial charge in [-0.25, -0.2) is 4.39 Å². The summed E-state index contributed by atoms with van der Waals surface area (Å²) in [5.41, 5.74) is 0.167. The fraction of sp³-hybridized carbons (Fsp3) is 0.824. The van der Waals surface area contributed by atoms with Crippen molar-refractivity contribution in [2.75, 3.05) is 0 Å². The molecule has 0 aromatic carbocycles. The third kappa shape index (κ3) is 271. The van der Waals surface area contributed by atoms with Crippen LogP contribution in [-0.2, 0) is 13.8 Å². The van der Waals surface area contributed by atoms with Crippen LogP contribution in [0.2, 0.25) is 0 Å².